The molecular weight excluding hydrogens is 202 g/mol. The fourth-order valence-electron chi connectivity index (χ4n) is 1.44. The monoisotopic (exact) mass is 215 g/mol. The Balaban J connectivity index is 1.67. The first-order chi connectivity index (χ1) is 6.75. The minimum absolute atomic E-state index is 0.208. The number of nitrogens with one attached hydrogen (secondary N) is 1. The van der Waals surface area contributed by atoms with Gasteiger partial charge in [-0.2, -0.15) is 0 Å². The molecule has 1 aliphatic rings. The van der Waals surface area contributed by atoms with Gasteiger partial charge in [0.15, 0.2) is 5.22 Å². The van der Waals surface area contributed by atoms with Gasteiger partial charge in [-0.25, -0.2) is 0 Å². The second kappa shape index (κ2) is 4.34. The summed E-state index contributed by atoms with van der Waals surface area (Å²) in [7, 11) is 0. The van der Waals surface area contributed by atoms with Crippen molar-refractivity contribution in [3.05, 3.63) is 23.1 Å². The van der Waals surface area contributed by atoms with Crippen LogP contribution in [0.1, 0.15) is 18.6 Å². The Morgan fingerprint density at radius 3 is 2.93 bits per heavy atom. The standard InChI is InChI=1S/C10H14ClNO2/c11-10-4-3-8(14-10)5-12-6-9(13)7-1-2-7/h3-4,7,9,12-13H,1-2,5-6H2. The predicted octanol–water partition coefficient (Wildman–Crippen LogP) is 1.79. The van der Waals surface area contributed by atoms with Gasteiger partial charge >= 0.3 is 0 Å². The maximum Gasteiger partial charge on any atom is 0.193 e. The topological polar surface area (TPSA) is 45.4 Å². The third kappa shape index (κ3) is 2.74. The minimum Gasteiger partial charge on any atom is -0.448 e. The smallest absolute Gasteiger partial charge is 0.193 e. The zero-order chi connectivity index (χ0) is 9.97. The van der Waals surface area contributed by atoms with Crippen LogP contribution in [0.2, 0.25) is 5.22 Å². The SMILES string of the molecule is OC(CNCc1ccc(Cl)o1)C1CC1. The molecule has 4 heteroatoms. The third-order valence-corrected chi connectivity index (χ3v) is 2.65. The lowest BCUT2D eigenvalue weighted by atomic mass is 10.2. The van der Waals surface area contributed by atoms with E-state index in [0.717, 1.165) is 18.6 Å². The van der Waals surface area contributed by atoms with Gasteiger partial charge in [-0.15, -0.1) is 0 Å². The van der Waals surface area contributed by atoms with E-state index in [2.05, 4.69) is 5.32 Å². The van der Waals surface area contributed by atoms with E-state index in [9.17, 15) is 5.11 Å². The number of aliphatic hydroxyl groups is 1. The summed E-state index contributed by atoms with van der Waals surface area (Å²) in [6.07, 6.45) is 2.12. The van der Waals surface area contributed by atoms with Crippen molar-refractivity contribution >= 4 is 11.6 Å². The van der Waals surface area contributed by atoms with Crippen molar-refractivity contribution in [2.24, 2.45) is 5.92 Å². The van der Waals surface area contributed by atoms with Crippen LogP contribution in [-0.2, 0) is 6.54 Å². The van der Waals surface area contributed by atoms with Gasteiger partial charge in [-0.1, -0.05) is 0 Å². The summed E-state index contributed by atoms with van der Waals surface area (Å²) >= 11 is 5.62. The molecule has 1 saturated carbocycles. The summed E-state index contributed by atoms with van der Waals surface area (Å²) in [4.78, 5) is 0. The highest BCUT2D eigenvalue weighted by molar-refractivity contribution is 6.28. The van der Waals surface area contributed by atoms with E-state index < -0.39 is 0 Å². The van der Waals surface area contributed by atoms with Crippen LogP contribution in [0.4, 0.5) is 0 Å². The van der Waals surface area contributed by atoms with Crippen LogP contribution in [0.3, 0.4) is 0 Å². The number of halogens is 1. The molecule has 1 unspecified atom stereocenters. The van der Waals surface area contributed by atoms with Crippen LogP contribution < -0.4 is 5.32 Å². The molecule has 1 aliphatic carbocycles. The summed E-state index contributed by atoms with van der Waals surface area (Å²) in [5.41, 5.74) is 0. The van der Waals surface area contributed by atoms with Crippen LogP contribution in [0.25, 0.3) is 0 Å². The Hall–Kier alpha value is -0.510. The molecular formula is C10H14ClNO2. The van der Waals surface area contributed by atoms with E-state index in [1.54, 1.807) is 6.07 Å². The zero-order valence-electron chi connectivity index (χ0n) is 7.87. The Morgan fingerprint density at radius 1 is 1.57 bits per heavy atom. The van der Waals surface area contributed by atoms with Crippen molar-refractivity contribution in [2.45, 2.75) is 25.5 Å². The first kappa shape index (κ1) is 10.0. The molecule has 1 aromatic heterocycles. The second-order valence-corrected chi connectivity index (χ2v) is 4.11. The molecule has 1 aromatic rings. The van der Waals surface area contributed by atoms with Crippen molar-refractivity contribution in [1.82, 2.24) is 5.32 Å². The van der Waals surface area contributed by atoms with Crippen molar-refractivity contribution < 1.29 is 9.52 Å². The maximum absolute atomic E-state index is 9.55. The number of hydrogen-bond acceptors (Lipinski definition) is 3. The van der Waals surface area contributed by atoms with Gasteiger partial charge in [0.1, 0.15) is 5.76 Å². The van der Waals surface area contributed by atoms with Crippen molar-refractivity contribution in [3.8, 4) is 0 Å². The normalized spacial score (nSPS) is 18.4. The second-order valence-electron chi connectivity index (χ2n) is 3.74. The summed E-state index contributed by atoms with van der Waals surface area (Å²) in [5, 5.41) is 13.1. The number of furan rings is 1. The van der Waals surface area contributed by atoms with Crippen LogP contribution in [0.15, 0.2) is 16.5 Å². The van der Waals surface area contributed by atoms with E-state index in [1.165, 1.54) is 0 Å². The molecule has 3 nitrogen and oxygen atoms in total. The van der Waals surface area contributed by atoms with Gasteiger partial charge in [0, 0.05) is 6.54 Å². The average molecular weight is 216 g/mol. The summed E-state index contributed by atoms with van der Waals surface area (Å²) in [5.74, 6) is 1.32. The van der Waals surface area contributed by atoms with Crippen molar-refractivity contribution in [2.75, 3.05) is 6.54 Å². The first-order valence-corrected chi connectivity index (χ1v) is 5.26. The molecule has 2 rings (SSSR count). The lowest BCUT2D eigenvalue weighted by Crippen LogP contribution is -2.27. The molecule has 0 aromatic carbocycles. The van der Waals surface area contributed by atoms with E-state index in [4.69, 9.17) is 16.0 Å². The molecule has 0 radical (unpaired) electrons. The molecule has 78 valence electrons. The Bertz CT molecular complexity index is 296. The largest absolute Gasteiger partial charge is 0.448 e. The molecule has 1 heterocycles. The Morgan fingerprint density at radius 2 is 2.36 bits per heavy atom. The Labute approximate surface area is 88.1 Å². The van der Waals surface area contributed by atoms with Gasteiger partial charge in [0.25, 0.3) is 0 Å². The summed E-state index contributed by atoms with van der Waals surface area (Å²) in [6.45, 7) is 1.25. The van der Waals surface area contributed by atoms with Crippen LogP contribution >= 0.6 is 11.6 Å². The van der Waals surface area contributed by atoms with E-state index >= 15 is 0 Å². The van der Waals surface area contributed by atoms with Gasteiger partial charge < -0.3 is 14.8 Å². The van der Waals surface area contributed by atoms with Crippen LogP contribution in [-0.4, -0.2) is 17.8 Å². The number of aliphatic hydroxyl groups excluding tert-OH is 1. The quantitative estimate of drug-likeness (QED) is 0.787. The highest BCUT2D eigenvalue weighted by atomic mass is 35.5. The fourth-order valence-corrected chi connectivity index (χ4v) is 1.60. The molecule has 14 heavy (non-hydrogen) atoms. The predicted molar refractivity (Wildman–Crippen MR) is 54.2 cm³/mol. The number of rotatable bonds is 5. The highest BCUT2D eigenvalue weighted by Gasteiger charge is 2.29. The van der Waals surface area contributed by atoms with Gasteiger partial charge in [-0.3, -0.25) is 0 Å². The average Bonchev–Trinajstić information content (AvgIpc) is 2.92. The first-order valence-electron chi connectivity index (χ1n) is 4.88. The van der Waals surface area contributed by atoms with Gasteiger partial charge in [0.2, 0.25) is 0 Å². The lowest BCUT2D eigenvalue weighted by molar-refractivity contribution is 0.148. The molecule has 0 aliphatic heterocycles. The molecule has 0 amide bonds. The van der Waals surface area contributed by atoms with Crippen molar-refractivity contribution in [1.29, 1.82) is 0 Å². The molecule has 1 fully saturated rings. The molecule has 0 bridgehead atoms. The van der Waals surface area contributed by atoms with Crippen LogP contribution in [0.5, 0.6) is 0 Å². The van der Waals surface area contributed by atoms with Crippen LogP contribution in [0, 0.1) is 5.92 Å². The molecule has 0 saturated heterocycles. The van der Waals surface area contributed by atoms with E-state index in [-0.39, 0.29) is 6.10 Å². The van der Waals surface area contributed by atoms with Crippen molar-refractivity contribution in [3.63, 3.8) is 0 Å². The maximum atomic E-state index is 9.55. The van der Waals surface area contributed by atoms with Gasteiger partial charge in [-0.05, 0) is 42.5 Å². The van der Waals surface area contributed by atoms with E-state index in [1.807, 2.05) is 6.07 Å². The minimum atomic E-state index is -0.208. The Kier molecular flexibility index (Phi) is 3.11. The zero-order valence-corrected chi connectivity index (χ0v) is 8.63. The van der Waals surface area contributed by atoms with E-state index in [0.29, 0.717) is 24.2 Å². The summed E-state index contributed by atoms with van der Waals surface area (Å²) in [6, 6.07) is 3.55. The lowest BCUT2D eigenvalue weighted by Gasteiger charge is -2.08. The molecule has 2 N–H and O–H groups in total. The highest BCUT2D eigenvalue weighted by Crippen LogP contribution is 2.32. The summed E-state index contributed by atoms with van der Waals surface area (Å²) < 4.78 is 5.16. The molecule has 1 atom stereocenters. The third-order valence-electron chi connectivity index (χ3n) is 2.45. The molecule has 0 spiro atoms. The fraction of sp³-hybridized carbons (Fsp3) is 0.600. The van der Waals surface area contributed by atoms with Gasteiger partial charge in [0.05, 0.1) is 12.6 Å². The number of hydrogen-bond donors (Lipinski definition) is 2.